The lowest BCUT2D eigenvalue weighted by molar-refractivity contribution is 0.127. The van der Waals surface area contributed by atoms with Gasteiger partial charge in [-0.3, -0.25) is 0 Å². The summed E-state index contributed by atoms with van der Waals surface area (Å²) in [6.07, 6.45) is 1.61. The number of ether oxygens (including phenoxy) is 1. The van der Waals surface area contributed by atoms with Crippen molar-refractivity contribution in [3.05, 3.63) is 35.9 Å². The second kappa shape index (κ2) is 6.72. The molecule has 0 spiro atoms. The van der Waals surface area contributed by atoms with Gasteiger partial charge in [0.1, 0.15) is 0 Å². The van der Waals surface area contributed by atoms with Gasteiger partial charge in [0, 0.05) is 23.5 Å². The zero-order valence-electron chi connectivity index (χ0n) is 10.2. The van der Waals surface area contributed by atoms with E-state index < -0.39 is 0 Å². The van der Waals surface area contributed by atoms with Crippen LogP contribution in [0.1, 0.15) is 24.8 Å². The van der Waals surface area contributed by atoms with Crippen LogP contribution in [0.5, 0.6) is 0 Å². The van der Waals surface area contributed by atoms with E-state index in [1.807, 2.05) is 11.8 Å². The van der Waals surface area contributed by atoms with Crippen LogP contribution in [0.2, 0.25) is 0 Å². The predicted octanol–water partition coefficient (Wildman–Crippen LogP) is 3.61. The largest absolute Gasteiger partial charge is 0.377 e. The molecule has 0 N–H and O–H groups in total. The first-order valence-corrected chi connectivity index (χ1v) is 7.88. The molecule has 0 saturated carbocycles. The summed E-state index contributed by atoms with van der Waals surface area (Å²) in [5, 5.41) is 0.668. The Morgan fingerprint density at radius 2 is 2.18 bits per heavy atom. The van der Waals surface area contributed by atoms with Crippen molar-refractivity contribution in [1.29, 1.82) is 0 Å². The minimum Gasteiger partial charge on any atom is -0.377 e. The molecule has 0 radical (unpaired) electrons. The maximum absolute atomic E-state index is 5.60. The smallest absolute Gasteiger partial charge is 0.0666 e. The first-order chi connectivity index (χ1) is 8.31. The first-order valence-electron chi connectivity index (χ1n) is 6.20. The molecule has 3 unspecified atom stereocenters. The zero-order valence-corrected chi connectivity index (χ0v) is 11.9. The van der Waals surface area contributed by atoms with Gasteiger partial charge >= 0.3 is 0 Å². The first kappa shape index (κ1) is 13.3. The molecule has 1 nitrogen and oxygen atoms in total. The highest BCUT2D eigenvalue weighted by atomic mass is 32.2. The van der Waals surface area contributed by atoms with Crippen molar-refractivity contribution >= 4 is 24.4 Å². The molecular formula is C14H20OS2. The molecule has 3 atom stereocenters. The second-order valence-electron chi connectivity index (χ2n) is 4.53. The van der Waals surface area contributed by atoms with Crippen LogP contribution in [-0.4, -0.2) is 29.5 Å². The van der Waals surface area contributed by atoms with Gasteiger partial charge in [0.05, 0.1) is 6.10 Å². The number of hydrogen-bond donors (Lipinski definition) is 1. The van der Waals surface area contributed by atoms with E-state index in [0.29, 0.717) is 17.3 Å². The highest BCUT2D eigenvalue weighted by Gasteiger charge is 2.25. The van der Waals surface area contributed by atoms with E-state index in [0.717, 1.165) is 18.1 Å². The van der Waals surface area contributed by atoms with Crippen LogP contribution in [0.3, 0.4) is 0 Å². The standard InChI is InChI=1S/C14H20OS2/c1-11-14(7-8-15-11)17-10-13(9-16)12-5-3-2-4-6-12/h2-6,11,13-14,16H,7-10H2,1H3. The lowest BCUT2D eigenvalue weighted by Gasteiger charge is -2.19. The van der Waals surface area contributed by atoms with E-state index in [2.05, 4.69) is 49.9 Å². The van der Waals surface area contributed by atoms with Crippen LogP contribution < -0.4 is 0 Å². The molecule has 0 aliphatic carbocycles. The van der Waals surface area contributed by atoms with Crippen LogP contribution in [0.4, 0.5) is 0 Å². The second-order valence-corrected chi connectivity index (χ2v) is 6.16. The average Bonchev–Trinajstić information content (AvgIpc) is 2.77. The summed E-state index contributed by atoms with van der Waals surface area (Å²) in [6.45, 7) is 3.11. The SMILES string of the molecule is CC1OCCC1SCC(CS)c1ccccc1. The van der Waals surface area contributed by atoms with Crippen molar-refractivity contribution < 1.29 is 4.74 Å². The Bertz CT molecular complexity index is 328. The Balaban J connectivity index is 1.88. The molecule has 17 heavy (non-hydrogen) atoms. The van der Waals surface area contributed by atoms with Gasteiger partial charge in [-0.15, -0.1) is 0 Å². The Morgan fingerprint density at radius 3 is 2.76 bits per heavy atom. The fourth-order valence-corrected chi connectivity index (χ4v) is 4.07. The van der Waals surface area contributed by atoms with E-state index in [-0.39, 0.29) is 0 Å². The minimum absolute atomic E-state index is 0.413. The molecule has 0 aromatic heterocycles. The van der Waals surface area contributed by atoms with E-state index in [4.69, 9.17) is 4.74 Å². The van der Waals surface area contributed by atoms with Crippen LogP contribution in [-0.2, 0) is 4.74 Å². The van der Waals surface area contributed by atoms with Crippen LogP contribution >= 0.6 is 24.4 Å². The van der Waals surface area contributed by atoms with Crippen molar-refractivity contribution in [1.82, 2.24) is 0 Å². The van der Waals surface area contributed by atoms with Gasteiger partial charge in [0.25, 0.3) is 0 Å². The molecular weight excluding hydrogens is 248 g/mol. The van der Waals surface area contributed by atoms with Gasteiger partial charge in [-0.2, -0.15) is 24.4 Å². The lowest BCUT2D eigenvalue weighted by Crippen LogP contribution is -2.16. The molecule has 0 amide bonds. The van der Waals surface area contributed by atoms with Crippen molar-refractivity contribution in [3.63, 3.8) is 0 Å². The molecule has 1 aliphatic heterocycles. The summed E-state index contributed by atoms with van der Waals surface area (Å²) >= 11 is 6.53. The van der Waals surface area contributed by atoms with Gasteiger partial charge in [-0.25, -0.2) is 0 Å². The highest BCUT2D eigenvalue weighted by molar-refractivity contribution is 8.00. The van der Waals surface area contributed by atoms with Gasteiger partial charge in [-0.1, -0.05) is 30.3 Å². The number of thiol groups is 1. The molecule has 1 aromatic carbocycles. The molecule has 0 bridgehead atoms. The summed E-state index contributed by atoms with van der Waals surface area (Å²) in [6, 6.07) is 10.7. The van der Waals surface area contributed by atoms with Crippen LogP contribution in [0, 0.1) is 0 Å². The van der Waals surface area contributed by atoms with Crippen molar-refractivity contribution in [2.45, 2.75) is 30.6 Å². The number of thioether (sulfide) groups is 1. The van der Waals surface area contributed by atoms with Gasteiger partial charge in [0.2, 0.25) is 0 Å². The van der Waals surface area contributed by atoms with E-state index >= 15 is 0 Å². The third-order valence-electron chi connectivity index (χ3n) is 3.31. The molecule has 1 saturated heterocycles. The molecule has 1 heterocycles. The molecule has 94 valence electrons. The molecule has 1 aromatic rings. The molecule has 3 heteroatoms. The quantitative estimate of drug-likeness (QED) is 0.817. The van der Waals surface area contributed by atoms with Crippen LogP contribution in [0.15, 0.2) is 30.3 Å². The number of benzene rings is 1. The van der Waals surface area contributed by atoms with E-state index in [1.54, 1.807) is 0 Å². The Kier molecular flexibility index (Phi) is 5.26. The Morgan fingerprint density at radius 1 is 1.41 bits per heavy atom. The molecule has 1 fully saturated rings. The van der Waals surface area contributed by atoms with Crippen molar-refractivity contribution in [2.24, 2.45) is 0 Å². The summed E-state index contributed by atoms with van der Waals surface area (Å²) in [5.41, 5.74) is 1.40. The number of hydrogen-bond acceptors (Lipinski definition) is 3. The van der Waals surface area contributed by atoms with Crippen molar-refractivity contribution in [3.8, 4) is 0 Å². The Labute approximate surface area is 114 Å². The zero-order chi connectivity index (χ0) is 12.1. The lowest BCUT2D eigenvalue weighted by atomic mass is 10.0. The molecule has 2 rings (SSSR count). The maximum Gasteiger partial charge on any atom is 0.0666 e. The third-order valence-corrected chi connectivity index (χ3v) is 5.39. The normalized spacial score (nSPS) is 26.0. The summed E-state index contributed by atoms with van der Waals surface area (Å²) < 4.78 is 5.60. The number of rotatable bonds is 5. The van der Waals surface area contributed by atoms with Gasteiger partial charge in [0.15, 0.2) is 0 Å². The van der Waals surface area contributed by atoms with Crippen molar-refractivity contribution in [2.75, 3.05) is 18.1 Å². The van der Waals surface area contributed by atoms with Crippen LogP contribution in [0.25, 0.3) is 0 Å². The fraction of sp³-hybridized carbons (Fsp3) is 0.571. The minimum atomic E-state index is 0.413. The van der Waals surface area contributed by atoms with E-state index in [9.17, 15) is 0 Å². The monoisotopic (exact) mass is 268 g/mol. The highest BCUT2D eigenvalue weighted by Crippen LogP contribution is 2.31. The summed E-state index contributed by atoms with van der Waals surface area (Å²) in [5.74, 6) is 2.61. The predicted molar refractivity (Wildman–Crippen MR) is 79.3 cm³/mol. The van der Waals surface area contributed by atoms with E-state index in [1.165, 1.54) is 12.0 Å². The maximum atomic E-state index is 5.60. The average molecular weight is 268 g/mol. The summed E-state index contributed by atoms with van der Waals surface area (Å²) in [4.78, 5) is 0. The fourth-order valence-electron chi connectivity index (χ4n) is 2.15. The Hall–Kier alpha value is -0.120. The van der Waals surface area contributed by atoms with Gasteiger partial charge in [-0.05, 0) is 24.7 Å². The third kappa shape index (κ3) is 3.67. The summed E-state index contributed by atoms with van der Waals surface area (Å²) in [7, 11) is 0. The topological polar surface area (TPSA) is 9.23 Å². The molecule has 1 aliphatic rings. The van der Waals surface area contributed by atoms with Gasteiger partial charge < -0.3 is 4.74 Å².